The zero-order valence-electron chi connectivity index (χ0n) is 21.2. The molecule has 39 heavy (non-hydrogen) atoms. The summed E-state index contributed by atoms with van der Waals surface area (Å²) < 4.78 is 35.5. The van der Waals surface area contributed by atoms with Gasteiger partial charge in [0, 0.05) is 34.7 Å². The van der Waals surface area contributed by atoms with Crippen molar-refractivity contribution in [3.8, 4) is 5.75 Å². The Morgan fingerprint density at radius 3 is 2.67 bits per heavy atom. The van der Waals surface area contributed by atoms with E-state index < -0.39 is 54.2 Å². The van der Waals surface area contributed by atoms with Gasteiger partial charge in [-0.05, 0) is 13.3 Å². The first-order valence-electron chi connectivity index (χ1n) is 12.2. The molecule has 12 nitrogen and oxygen atoms in total. The molecule has 2 fully saturated rings. The summed E-state index contributed by atoms with van der Waals surface area (Å²) in [4.78, 5) is 62.6. The van der Waals surface area contributed by atoms with Crippen LogP contribution in [0.2, 0.25) is 0 Å². The third-order valence-electron chi connectivity index (χ3n) is 7.11. The minimum absolute atomic E-state index is 0.0141. The van der Waals surface area contributed by atoms with E-state index in [0.717, 1.165) is 6.26 Å². The molecule has 3 amide bonds. The molecule has 0 spiro atoms. The number of carboxylic acid groups (broad SMARTS) is 1. The molecule has 0 saturated carbocycles. The Hall–Kier alpha value is -3.46. The Labute approximate surface area is 225 Å². The van der Waals surface area contributed by atoms with Gasteiger partial charge in [-0.25, -0.2) is 4.79 Å². The summed E-state index contributed by atoms with van der Waals surface area (Å²) in [5.74, 6) is -4.62. The van der Waals surface area contributed by atoms with Crippen LogP contribution in [0.1, 0.15) is 26.0 Å². The molecule has 1 aromatic rings. The van der Waals surface area contributed by atoms with E-state index in [-0.39, 0.29) is 40.3 Å². The number of nitrogens with zero attached hydrogens (tertiary/aromatic N) is 1. The summed E-state index contributed by atoms with van der Waals surface area (Å²) >= 11 is 1.26. The maximum absolute atomic E-state index is 12.8. The first kappa shape index (κ1) is 28.5. The van der Waals surface area contributed by atoms with Crippen LogP contribution < -0.4 is 26.1 Å². The monoisotopic (exact) mass is 570 g/mol. The van der Waals surface area contributed by atoms with Crippen LogP contribution in [0.15, 0.2) is 32.1 Å². The molecule has 4 rings (SSSR count). The smallest absolute Gasteiger partial charge is 0.353 e. The first-order chi connectivity index (χ1) is 18.4. The van der Waals surface area contributed by atoms with Crippen LogP contribution in [0.5, 0.6) is 5.75 Å². The van der Waals surface area contributed by atoms with Crippen LogP contribution in [-0.4, -0.2) is 77.2 Å². The quantitative estimate of drug-likeness (QED) is 0.287. The van der Waals surface area contributed by atoms with Crippen molar-refractivity contribution < 1.29 is 42.2 Å². The van der Waals surface area contributed by atoms with E-state index in [1.165, 1.54) is 36.8 Å². The van der Waals surface area contributed by atoms with Crippen molar-refractivity contribution in [3.05, 3.63) is 38.9 Å². The molecule has 212 valence electrons. The molecule has 4 N–H and O–H groups in total. The van der Waals surface area contributed by atoms with Crippen molar-refractivity contribution in [2.45, 2.75) is 56.6 Å². The lowest BCUT2D eigenvalue weighted by Crippen LogP contribution is -2.66. The predicted octanol–water partition coefficient (Wildman–Crippen LogP) is 0.271. The third kappa shape index (κ3) is 5.50. The van der Waals surface area contributed by atoms with Crippen LogP contribution in [0.25, 0.3) is 0 Å². The lowest BCUT2D eigenvalue weighted by Gasteiger charge is -2.47. The second kappa shape index (κ2) is 11.3. The highest BCUT2D eigenvalue weighted by Gasteiger charge is 2.60. The highest BCUT2D eigenvalue weighted by Crippen LogP contribution is 2.51. The van der Waals surface area contributed by atoms with Crippen molar-refractivity contribution >= 4 is 35.5 Å². The summed E-state index contributed by atoms with van der Waals surface area (Å²) in [7, 11) is 1.34. The van der Waals surface area contributed by atoms with Gasteiger partial charge in [0.05, 0.1) is 31.7 Å². The van der Waals surface area contributed by atoms with Gasteiger partial charge in [0.25, 0.3) is 5.91 Å². The molecule has 0 aromatic carbocycles. The number of hydrogen-bond acceptors (Lipinski definition) is 9. The number of alkyl halides is 2. The Morgan fingerprint density at radius 2 is 2.05 bits per heavy atom. The van der Waals surface area contributed by atoms with Gasteiger partial charge in [-0.2, -0.15) is 8.78 Å². The molecule has 0 unspecified atom stereocenters. The molecule has 0 radical (unpaired) electrons. The Bertz CT molecular complexity index is 1270. The lowest BCUT2D eigenvalue weighted by molar-refractivity contribution is -0.159. The van der Waals surface area contributed by atoms with Crippen molar-refractivity contribution in [2.75, 3.05) is 13.7 Å². The van der Waals surface area contributed by atoms with Crippen molar-refractivity contribution in [1.29, 1.82) is 0 Å². The van der Waals surface area contributed by atoms with E-state index in [1.54, 1.807) is 6.92 Å². The normalized spacial score (nSPS) is 26.8. The van der Waals surface area contributed by atoms with E-state index in [1.807, 2.05) is 0 Å². The number of carbonyl (C=O) groups is 4. The number of thioether (sulfide) groups is 1. The summed E-state index contributed by atoms with van der Waals surface area (Å²) in [5, 5.41) is 17.6. The molecule has 0 bridgehead atoms. The highest BCUT2D eigenvalue weighted by atomic mass is 32.2. The molecule has 3 aliphatic heterocycles. The minimum atomic E-state index is -3.23. The van der Waals surface area contributed by atoms with Gasteiger partial charge in [-0.3, -0.25) is 19.2 Å². The first-order valence-corrected chi connectivity index (χ1v) is 13.0. The van der Waals surface area contributed by atoms with Gasteiger partial charge in [0.1, 0.15) is 17.7 Å². The number of halogens is 2. The lowest BCUT2D eigenvalue weighted by atomic mass is 9.78. The third-order valence-corrected chi connectivity index (χ3v) is 8.62. The van der Waals surface area contributed by atoms with Crippen LogP contribution in [0.4, 0.5) is 8.78 Å². The van der Waals surface area contributed by atoms with Crippen molar-refractivity contribution in [2.24, 2.45) is 11.8 Å². The van der Waals surface area contributed by atoms with E-state index in [0.29, 0.717) is 17.9 Å². The number of methoxy groups -OCH3 is 1. The number of amides is 3. The van der Waals surface area contributed by atoms with Crippen LogP contribution in [0.3, 0.4) is 0 Å². The van der Waals surface area contributed by atoms with Gasteiger partial charge in [-0.15, -0.1) is 11.8 Å². The van der Waals surface area contributed by atoms with E-state index in [2.05, 4.69) is 16.0 Å². The van der Waals surface area contributed by atoms with Gasteiger partial charge >= 0.3 is 12.4 Å². The van der Waals surface area contributed by atoms with Gasteiger partial charge < -0.3 is 35.1 Å². The molecule has 1 aromatic heterocycles. The Balaban J connectivity index is 1.38. The summed E-state index contributed by atoms with van der Waals surface area (Å²) in [5.41, 5.74) is -0.540. The second-order valence-corrected chi connectivity index (χ2v) is 10.9. The fourth-order valence-corrected chi connectivity index (χ4v) is 6.70. The number of β-lactam (4-membered cyclic amide) rings is 1. The standard InChI is InChI=1S/C24H28F2N4O8S/c1-9-17-16(10(2)29-22(33)20(25)26)23(34)30(17)18(24(35)36)19(9)39-12-5-13(27-7-12)21(32)28-6-11-4-14(31)15(37-3)8-38-11/h4,8-10,12-13,16-17,20,27H,5-7H2,1-3H3,(H,28,32)(H,29,33)(H,35,36)/t9-,10-,12+,13+,16-,17-/m1/s1. The van der Waals surface area contributed by atoms with Crippen LogP contribution >= 0.6 is 11.8 Å². The van der Waals surface area contributed by atoms with E-state index in [4.69, 9.17) is 9.15 Å². The molecule has 2 saturated heterocycles. The van der Waals surface area contributed by atoms with Gasteiger partial charge in [0.15, 0.2) is 0 Å². The molecular weight excluding hydrogens is 542 g/mol. The molecule has 0 aliphatic carbocycles. The number of ether oxygens (including phenoxy) is 1. The Morgan fingerprint density at radius 1 is 1.33 bits per heavy atom. The number of carbonyl (C=O) groups excluding carboxylic acids is 3. The van der Waals surface area contributed by atoms with Crippen LogP contribution in [0, 0.1) is 11.8 Å². The zero-order valence-corrected chi connectivity index (χ0v) is 22.1. The SMILES string of the molecule is COc1coc(CNC(=O)[C@@H]2C[C@H](SC3=C(C(=O)O)N4C(=O)[C@H]([C@@H](C)NC(=O)C(F)F)[C@H]4[C@H]3C)CN2)cc1=O. The summed E-state index contributed by atoms with van der Waals surface area (Å²) in [6.45, 7) is 3.58. The number of carboxylic acids is 1. The van der Waals surface area contributed by atoms with Gasteiger partial charge in [-0.1, -0.05) is 6.92 Å². The largest absolute Gasteiger partial charge is 0.490 e. The number of rotatable bonds is 10. The summed E-state index contributed by atoms with van der Waals surface area (Å²) in [6, 6.07) is -0.849. The van der Waals surface area contributed by atoms with Gasteiger partial charge in [0.2, 0.25) is 23.0 Å². The molecule has 3 aliphatic rings. The predicted molar refractivity (Wildman–Crippen MR) is 133 cm³/mol. The average Bonchev–Trinajstić information content (AvgIpc) is 3.44. The van der Waals surface area contributed by atoms with E-state index >= 15 is 0 Å². The Kier molecular flexibility index (Phi) is 8.30. The van der Waals surface area contributed by atoms with Crippen molar-refractivity contribution in [1.82, 2.24) is 20.9 Å². The molecule has 15 heteroatoms. The zero-order chi connectivity index (χ0) is 28.6. The number of aliphatic carboxylic acids is 1. The maximum atomic E-state index is 12.8. The minimum Gasteiger partial charge on any atom is -0.490 e. The molecular formula is C24H28F2N4O8S. The average molecular weight is 571 g/mol. The van der Waals surface area contributed by atoms with Crippen molar-refractivity contribution in [3.63, 3.8) is 0 Å². The molecule has 4 heterocycles. The maximum Gasteiger partial charge on any atom is 0.353 e. The number of nitrogens with one attached hydrogen (secondary N) is 3. The topological polar surface area (TPSA) is 167 Å². The number of fused-ring (bicyclic) bond motifs is 1. The fraction of sp³-hybridized carbons (Fsp3) is 0.542. The highest BCUT2D eigenvalue weighted by molar-refractivity contribution is 8.03. The fourth-order valence-electron chi connectivity index (χ4n) is 5.22. The van der Waals surface area contributed by atoms with E-state index in [9.17, 15) is 37.9 Å². The van der Waals surface area contributed by atoms with Crippen LogP contribution in [-0.2, 0) is 25.7 Å². The second-order valence-electron chi connectivity index (χ2n) is 9.56. The number of hydrogen-bond donors (Lipinski definition) is 4. The molecule has 6 atom stereocenters. The summed E-state index contributed by atoms with van der Waals surface area (Å²) in [6.07, 6.45) is -1.70.